The molecule has 4 nitrogen and oxygen atoms in total. The molecule has 1 atom stereocenters. The molecule has 1 aliphatic carbocycles. The van der Waals surface area contributed by atoms with Crippen molar-refractivity contribution < 1.29 is 9.21 Å². The van der Waals surface area contributed by atoms with Crippen LogP contribution in [0.5, 0.6) is 0 Å². The molecule has 0 spiro atoms. The number of benzene rings is 1. The highest BCUT2D eigenvalue weighted by Crippen LogP contribution is 2.33. The van der Waals surface area contributed by atoms with Crippen LogP contribution in [0.15, 0.2) is 27.6 Å². The normalized spacial score (nSPS) is 18.6. The second-order valence-corrected chi connectivity index (χ2v) is 5.22. The fourth-order valence-corrected chi connectivity index (χ4v) is 2.80. The van der Waals surface area contributed by atoms with Gasteiger partial charge in [-0.25, -0.2) is 0 Å². The number of aliphatic imine (C=N–C) groups is 1. The lowest BCUT2D eigenvalue weighted by Crippen LogP contribution is -2.16. The third-order valence-electron chi connectivity index (χ3n) is 3.80. The predicted octanol–water partition coefficient (Wildman–Crippen LogP) is 2.87. The quantitative estimate of drug-likeness (QED) is 0.871. The van der Waals surface area contributed by atoms with Crippen molar-refractivity contribution in [2.75, 3.05) is 0 Å². The zero-order valence-electron chi connectivity index (χ0n) is 11.6. The first-order valence-electron chi connectivity index (χ1n) is 7.04. The van der Waals surface area contributed by atoms with Crippen molar-refractivity contribution in [2.45, 2.75) is 38.6 Å². The zero-order chi connectivity index (χ0) is 14.1. The topological polar surface area (TPSA) is 68.6 Å². The van der Waals surface area contributed by atoms with Crippen LogP contribution in [-0.4, -0.2) is 18.2 Å². The van der Waals surface area contributed by atoms with Crippen LogP contribution in [0.3, 0.4) is 0 Å². The fraction of sp³-hybridized carbons (Fsp3) is 0.375. The predicted molar refractivity (Wildman–Crippen MR) is 79.3 cm³/mol. The zero-order valence-corrected chi connectivity index (χ0v) is 11.6. The van der Waals surface area contributed by atoms with Crippen molar-refractivity contribution in [1.82, 2.24) is 0 Å². The van der Waals surface area contributed by atoms with Crippen LogP contribution in [0.4, 0.5) is 0 Å². The van der Waals surface area contributed by atoms with Crippen LogP contribution in [0.25, 0.3) is 11.0 Å². The molecule has 0 bridgehead atoms. The summed E-state index contributed by atoms with van der Waals surface area (Å²) in [4.78, 5) is 15.9. The summed E-state index contributed by atoms with van der Waals surface area (Å²) in [6.45, 7) is 2.09. The largest absolute Gasteiger partial charge is 0.461 e. The SMILES string of the molecule is CCC=NC1CCc2oc3ccc(C(N)=O)cc3c2C1. The Kier molecular flexibility index (Phi) is 3.30. The summed E-state index contributed by atoms with van der Waals surface area (Å²) in [6, 6.07) is 5.71. The number of nitrogens with zero attached hydrogens (tertiary/aromatic N) is 1. The smallest absolute Gasteiger partial charge is 0.248 e. The van der Waals surface area contributed by atoms with Gasteiger partial charge in [-0.05, 0) is 43.7 Å². The van der Waals surface area contributed by atoms with Crippen LogP contribution in [0.2, 0.25) is 0 Å². The summed E-state index contributed by atoms with van der Waals surface area (Å²) in [5.74, 6) is 0.628. The van der Waals surface area contributed by atoms with Gasteiger partial charge in [0.15, 0.2) is 0 Å². The van der Waals surface area contributed by atoms with Gasteiger partial charge in [0.25, 0.3) is 0 Å². The molecule has 2 N–H and O–H groups in total. The Bertz CT molecular complexity index is 685. The standard InChI is InChI=1S/C16H18N2O2/c1-2-7-18-11-4-6-15-13(9-11)12-8-10(16(17)19)3-5-14(12)20-15/h3,5,7-8,11H,2,4,6,9H2,1H3,(H2,17,19). The summed E-state index contributed by atoms with van der Waals surface area (Å²) in [6.07, 6.45) is 5.74. The minimum Gasteiger partial charge on any atom is -0.461 e. The van der Waals surface area contributed by atoms with Crippen LogP contribution < -0.4 is 5.73 Å². The minimum absolute atomic E-state index is 0.320. The van der Waals surface area contributed by atoms with E-state index in [4.69, 9.17) is 10.2 Å². The molecule has 1 aliphatic rings. The summed E-state index contributed by atoms with van der Waals surface area (Å²) in [7, 11) is 0. The van der Waals surface area contributed by atoms with Gasteiger partial charge in [-0.3, -0.25) is 9.79 Å². The third kappa shape index (κ3) is 2.22. The Balaban J connectivity index is 2.02. The van der Waals surface area contributed by atoms with Crippen molar-refractivity contribution >= 4 is 23.1 Å². The average molecular weight is 270 g/mol. The first kappa shape index (κ1) is 12.9. The van der Waals surface area contributed by atoms with Gasteiger partial charge in [0.05, 0.1) is 6.04 Å². The van der Waals surface area contributed by atoms with E-state index in [9.17, 15) is 4.79 Å². The molecule has 0 radical (unpaired) electrons. The number of aryl methyl sites for hydroxylation is 1. The monoisotopic (exact) mass is 270 g/mol. The summed E-state index contributed by atoms with van der Waals surface area (Å²) in [5, 5.41) is 1.01. The van der Waals surface area contributed by atoms with E-state index >= 15 is 0 Å². The summed E-state index contributed by atoms with van der Waals surface area (Å²) >= 11 is 0. The Morgan fingerprint density at radius 2 is 2.40 bits per heavy atom. The molecule has 1 amide bonds. The van der Waals surface area contributed by atoms with Gasteiger partial charge in [-0.2, -0.15) is 0 Å². The number of hydrogen-bond acceptors (Lipinski definition) is 3. The molecular formula is C16H18N2O2. The number of amides is 1. The molecule has 0 fully saturated rings. The summed E-state index contributed by atoms with van der Waals surface area (Å²) in [5.41, 5.74) is 7.90. The fourth-order valence-electron chi connectivity index (χ4n) is 2.80. The van der Waals surface area contributed by atoms with Gasteiger partial charge >= 0.3 is 0 Å². The number of fused-ring (bicyclic) bond motifs is 3. The highest BCUT2D eigenvalue weighted by Gasteiger charge is 2.24. The maximum atomic E-state index is 11.3. The molecule has 0 saturated heterocycles. The second-order valence-electron chi connectivity index (χ2n) is 5.22. The van der Waals surface area contributed by atoms with Gasteiger partial charge in [0.2, 0.25) is 5.91 Å². The Hall–Kier alpha value is -2.10. The molecule has 104 valence electrons. The molecule has 4 heteroatoms. The Morgan fingerprint density at radius 3 is 3.15 bits per heavy atom. The second kappa shape index (κ2) is 5.12. The molecule has 0 aliphatic heterocycles. The maximum Gasteiger partial charge on any atom is 0.248 e. The van der Waals surface area contributed by atoms with Gasteiger partial charge in [-0.1, -0.05) is 6.92 Å². The third-order valence-corrected chi connectivity index (χ3v) is 3.80. The van der Waals surface area contributed by atoms with Gasteiger partial charge in [0, 0.05) is 22.9 Å². The van der Waals surface area contributed by atoms with Gasteiger partial charge in [0.1, 0.15) is 11.3 Å². The van der Waals surface area contributed by atoms with Crippen LogP contribution in [-0.2, 0) is 12.8 Å². The van der Waals surface area contributed by atoms with E-state index in [0.717, 1.165) is 42.4 Å². The molecule has 20 heavy (non-hydrogen) atoms. The van der Waals surface area contributed by atoms with Crippen LogP contribution in [0.1, 0.15) is 41.4 Å². The molecule has 1 unspecified atom stereocenters. The van der Waals surface area contributed by atoms with Crippen molar-refractivity contribution in [3.05, 3.63) is 35.1 Å². The molecule has 1 heterocycles. The van der Waals surface area contributed by atoms with Crippen molar-refractivity contribution in [2.24, 2.45) is 10.7 Å². The number of furan rings is 1. The number of primary amides is 1. The Labute approximate surface area is 117 Å². The number of nitrogens with two attached hydrogens (primary N) is 1. The first-order valence-corrected chi connectivity index (χ1v) is 7.04. The van der Waals surface area contributed by atoms with Crippen LogP contribution >= 0.6 is 0 Å². The molecule has 1 aromatic heterocycles. The van der Waals surface area contributed by atoms with Crippen molar-refractivity contribution in [1.29, 1.82) is 0 Å². The average Bonchev–Trinajstić information content (AvgIpc) is 2.82. The first-order chi connectivity index (χ1) is 9.69. The van der Waals surface area contributed by atoms with Gasteiger partial charge in [-0.15, -0.1) is 0 Å². The lowest BCUT2D eigenvalue weighted by atomic mass is 9.91. The lowest BCUT2D eigenvalue weighted by molar-refractivity contribution is 0.100. The van der Waals surface area contributed by atoms with Crippen molar-refractivity contribution in [3.63, 3.8) is 0 Å². The van der Waals surface area contributed by atoms with E-state index < -0.39 is 5.91 Å². The van der Waals surface area contributed by atoms with E-state index in [0.29, 0.717) is 11.6 Å². The number of carbonyl (C=O) groups is 1. The molecule has 0 saturated carbocycles. The maximum absolute atomic E-state index is 11.3. The summed E-state index contributed by atoms with van der Waals surface area (Å²) < 4.78 is 5.87. The van der Waals surface area contributed by atoms with E-state index in [1.54, 1.807) is 6.07 Å². The van der Waals surface area contributed by atoms with Gasteiger partial charge < -0.3 is 10.2 Å². The molecule has 2 aromatic rings. The van der Waals surface area contributed by atoms with E-state index in [1.807, 2.05) is 18.3 Å². The van der Waals surface area contributed by atoms with E-state index in [2.05, 4.69) is 11.9 Å². The number of rotatable bonds is 3. The molecule has 3 rings (SSSR count). The van der Waals surface area contributed by atoms with Crippen molar-refractivity contribution in [3.8, 4) is 0 Å². The van der Waals surface area contributed by atoms with E-state index in [1.165, 1.54) is 5.56 Å². The molecule has 1 aromatic carbocycles. The lowest BCUT2D eigenvalue weighted by Gasteiger charge is -2.17. The van der Waals surface area contributed by atoms with Crippen LogP contribution in [0, 0.1) is 0 Å². The molecular weight excluding hydrogens is 252 g/mol. The van der Waals surface area contributed by atoms with E-state index in [-0.39, 0.29) is 0 Å². The highest BCUT2D eigenvalue weighted by atomic mass is 16.3. The number of hydrogen-bond donors (Lipinski definition) is 1. The Morgan fingerprint density at radius 1 is 1.55 bits per heavy atom. The minimum atomic E-state index is -0.404. The number of carbonyl (C=O) groups excluding carboxylic acids is 1. The highest BCUT2D eigenvalue weighted by molar-refractivity contribution is 5.97.